The van der Waals surface area contributed by atoms with Gasteiger partial charge in [-0.2, -0.15) is 13.2 Å². The van der Waals surface area contributed by atoms with Gasteiger partial charge >= 0.3 is 5.51 Å². The smallest absolute Gasteiger partial charge is 0.240 e. The Balaban J connectivity index is 2.36. The first-order valence-corrected chi connectivity index (χ1v) is 6.39. The summed E-state index contributed by atoms with van der Waals surface area (Å²) in [5.41, 5.74) is -3.76. The lowest BCUT2D eigenvalue weighted by molar-refractivity contribution is -0.0328. The van der Waals surface area contributed by atoms with Crippen LogP contribution in [0.5, 0.6) is 0 Å². The van der Waals surface area contributed by atoms with Crippen LogP contribution in [-0.4, -0.2) is 10.5 Å². The highest BCUT2D eigenvalue weighted by molar-refractivity contribution is 8.00. The molecule has 0 saturated heterocycles. The van der Waals surface area contributed by atoms with Crippen LogP contribution in [-0.2, 0) is 0 Å². The molecular weight excluding hydrogens is 271 g/mol. The highest BCUT2D eigenvalue weighted by Gasteiger charge is 2.31. The zero-order valence-corrected chi connectivity index (χ0v) is 10.4. The van der Waals surface area contributed by atoms with Crippen LogP contribution >= 0.6 is 11.8 Å². The maximum Gasteiger partial charge on any atom is 0.447 e. The van der Waals surface area contributed by atoms with Crippen molar-refractivity contribution >= 4 is 33.4 Å². The third-order valence-corrected chi connectivity index (χ3v) is 3.52. The topological polar surface area (TPSA) is 12.9 Å². The lowest BCUT2D eigenvalue weighted by Crippen LogP contribution is -2.01. The van der Waals surface area contributed by atoms with Gasteiger partial charge in [0, 0.05) is 22.5 Å². The summed E-state index contributed by atoms with van der Waals surface area (Å²) in [5, 5.41) is 2.19. The van der Waals surface area contributed by atoms with Crippen LogP contribution in [0.4, 0.5) is 13.2 Å². The normalized spacial score (nSPS) is 12.2. The molecule has 1 aromatic heterocycles. The molecule has 0 radical (unpaired) electrons. The Morgan fingerprint density at radius 2 is 1.37 bits per heavy atom. The van der Waals surface area contributed by atoms with Gasteiger partial charge in [-0.1, -0.05) is 42.5 Å². The highest BCUT2D eigenvalue weighted by atomic mass is 32.2. The molecule has 1 heterocycles. The monoisotopic (exact) mass is 279 g/mol. The van der Waals surface area contributed by atoms with Crippen LogP contribution in [0.25, 0.3) is 21.7 Å². The Bertz CT molecular complexity index is 752. The molecule has 3 rings (SSSR count). The average Bonchev–Trinajstić information content (AvgIpc) is 2.37. The van der Waals surface area contributed by atoms with E-state index in [1.807, 2.05) is 24.3 Å². The van der Waals surface area contributed by atoms with E-state index in [0.29, 0.717) is 10.9 Å². The first-order chi connectivity index (χ1) is 9.04. The molecule has 0 fully saturated rings. The molecule has 0 bridgehead atoms. The molecular formula is C14H8F3NS. The molecule has 5 heteroatoms. The molecule has 2 aromatic carbocycles. The van der Waals surface area contributed by atoms with Crippen molar-refractivity contribution in [3.05, 3.63) is 48.5 Å². The number of fused-ring (bicyclic) bond motifs is 3. The van der Waals surface area contributed by atoms with E-state index in [0.717, 1.165) is 10.8 Å². The van der Waals surface area contributed by atoms with Crippen molar-refractivity contribution < 1.29 is 13.2 Å². The largest absolute Gasteiger partial charge is 0.447 e. The molecule has 3 aromatic rings. The zero-order chi connectivity index (χ0) is 13.5. The summed E-state index contributed by atoms with van der Waals surface area (Å²) in [6.07, 6.45) is 0. The second kappa shape index (κ2) is 4.42. The number of halogens is 3. The molecule has 0 saturated carbocycles. The zero-order valence-electron chi connectivity index (χ0n) is 9.61. The maximum atomic E-state index is 12.6. The average molecular weight is 279 g/mol. The number of aromatic nitrogens is 1. The minimum atomic E-state index is -4.34. The van der Waals surface area contributed by atoms with E-state index in [-0.39, 0.29) is 16.8 Å². The van der Waals surface area contributed by atoms with Crippen LogP contribution in [0.15, 0.2) is 53.6 Å². The van der Waals surface area contributed by atoms with Gasteiger partial charge in [0.1, 0.15) is 5.03 Å². The van der Waals surface area contributed by atoms with E-state index in [1.54, 1.807) is 24.3 Å². The fraction of sp³-hybridized carbons (Fsp3) is 0.0714. The van der Waals surface area contributed by atoms with E-state index in [2.05, 4.69) is 4.98 Å². The summed E-state index contributed by atoms with van der Waals surface area (Å²) in [6, 6.07) is 14.2. The number of alkyl halides is 3. The predicted molar refractivity (Wildman–Crippen MR) is 71.2 cm³/mol. The molecule has 0 unspecified atom stereocenters. The Morgan fingerprint density at radius 1 is 0.789 bits per heavy atom. The van der Waals surface area contributed by atoms with Gasteiger partial charge in [0.25, 0.3) is 0 Å². The van der Waals surface area contributed by atoms with E-state index in [4.69, 9.17) is 0 Å². The fourth-order valence-corrected chi connectivity index (χ4v) is 2.71. The number of nitrogens with zero attached hydrogens (tertiary/aromatic N) is 1. The Hall–Kier alpha value is -1.75. The van der Waals surface area contributed by atoms with Gasteiger partial charge in [-0.15, -0.1) is 0 Å². The molecule has 96 valence electrons. The molecule has 0 aliphatic rings. The summed E-state index contributed by atoms with van der Waals surface area (Å²) in [7, 11) is 0. The molecule has 0 N–H and O–H groups in total. The lowest BCUT2D eigenvalue weighted by Gasteiger charge is -2.10. The number of para-hydroxylation sites is 1. The summed E-state index contributed by atoms with van der Waals surface area (Å²) < 4.78 is 37.8. The van der Waals surface area contributed by atoms with Crippen molar-refractivity contribution in [2.45, 2.75) is 10.5 Å². The van der Waals surface area contributed by atoms with E-state index >= 15 is 0 Å². The predicted octanol–water partition coefficient (Wildman–Crippen LogP) is 5.00. The van der Waals surface area contributed by atoms with Gasteiger partial charge in [0.05, 0.1) is 5.52 Å². The van der Waals surface area contributed by atoms with Crippen LogP contribution in [0.2, 0.25) is 0 Å². The molecule has 0 aliphatic heterocycles. The van der Waals surface area contributed by atoms with Crippen molar-refractivity contribution in [1.82, 2.24) is 4.98 Å². The maximum absolute atomic E-state index is 12.6. The summed E-state index contributed by atoms with van der Waals surface area (Å²) in [4.78, 5) is 4.13. The van der Waals surface area contributed by atoms with Crippen LogP contribution in [0, 0.1) is 0 Å². The van der Waals surface area contributed by atoms with Gasteiger partial charge in [0.15, 0.2) is 0 Å². The number of thioether (sulfide) groups is 1. The number of hydrogen-bond donors (Lipinski definition) is 0. The van der Waals surface area contributed by atoms with Crippen molar-refractivity contribution in [2.75, 3.05) is 0 Å². The minimum Gasteiger partial charge on any atom is -0.240 e. The first kappa shape index (κ1) is 12.3. The van der Waals surface area contributed by atoms with Gasteiger partial charge < -0.3 is 0 Å². The Labute approximate surface area is 111 Å². The highest BCUT2D eigenvalue weighted by Crippen LogP contribution is 2.40. The standard InChI is InChI=1S/C14H8F3NS/c15-14(16,17)19-13-11-7-2-1-5-9(11)10-6-3-4-8-12(10)18-13/h1-8H. The van der Waals surface area contributed by atoms with Crippen molar-refractivity contribution in [1.29, 1.82) is 0 Å². The van der Waals surface area contributed by atoms with Crippen LogP contribution in [0.1, 0.15) is 0 Å². The molecule has 0 aliphatic carbocycles. The molecule has 1 nitrogen and oxygen atoms in total. The van der Waals surface area contributed by atoms with Crippen molar-refractivity contribution in [3.63, 3.8) is 0 Å². The van der Waals surface area contributed by atoms with Crippen molar-refractivity contribution in [2.24, 2.45) is 0 Å². The van der Waals surface area contributed by atoms with E-state index < -0.39 is 5.51 Å². The van der Waals surface area contributed by atoms with Gasteiger partial charge in [-0.25, -0.2) is 4.98 Å². The number of pyridine rings is 1. The molecule has 0 spiro atoms. The summed E-state index contributed by atoms with van der Waals surface area (Å²) in [6.45, 7) is 0. The molecule has 0 atom stereocenters. The SMILES string of the molecule is FC(F)(F)Sc1nc2ccccc2c2ccccc12. The second-order valence-corrected chi connectivity index (χ2v) is 5.08. The lowest BCUT2D eigenvalue weighted by atomic mass is 10.1. The Morgan fingerprint density at radius 3 is 2.05 bits per heavy atom. The molecule has 0 amide bonds. The van der Waals surface area contributed by atoms with Gasteiger partial charge in [-0.05, 0) is 11.5 Å². The summed E-state index contributed by atoms with van der Waals surface area (Å²) >= 11 is -0.166. The second-order valence-electron chi connectivity index (χ2n) is 4.03. The number of hydrogen-bond acceptors (Lipinski definition) is 2. The third kappa shape index (κ3) is 2.38. The summed E-state index contributed by atoms with van der Waals surface area (Å²) in [5.74, 6) is 0. The quantitative estimate of drug-likeness (QED) is 0.459. The van der Waals surface area contributed by atoms with Crippen LogP contribution in [0.3, 0.4) is 0 Å². The molecule has 19 heavy (non-hydrogen) atoms. The van der Waals surface area contributed by atoms with E-state index in [9.17, 15) is 13.2 Å². The van der Waals surface area contributed by atoms with Gasteiger partial charge in [-0.3, -0.25) is 0 Å². The first-order valence-electron chi connectivity index (χ1n) is 5.58. The number of benzene rings is 2. The Kier molecular flexibility index (Phi) is 2.86. The fourth-order valence-electron chi connectivity index (χ4n) is 2.06. The van der Waals surface area contributed by atoms with Crippen molar-refractivity contribution in [3.8, 4) is 0 Å². The van der Waals surface area contributed by atoms with Gasteiger partial charge in [0.2, 0.25) is 0 Å². The van der Waals surface area contributed by atoms with E-state index in [1.165, 1.54) is 0 Å². The minimum absolute atomic E-state index is 0.00167. The van der Waals surface area contributed by atoms with Crippen LogP contribution < -0.4 is 0 Å². The third-order valence-electron chi connectivity index (χ3n) is 2.79. The number of rotatable bonds is 1.